The largest absolute Gasteiger partial charge is 0.424 e. The molecule has 0 amide bonds. The lowest BCUT2D eigenvalue weighted by atomic mass is 10.2. The van der Waals surface area contributed by atoms with Gasteiger partial charge in [-0.1, -0.05) is 12.1 Å². The second kappa shape index (κ2) is 3.18. The molecule has 0 unspecified atom stereocenters. The third-order valence-electron chi connectivity index (χ3n) is 2.11. The van der Waals surface area contributed by atoms with E-state index in [9.17, 15) is 4.79 Å². The van der Waals surface area contributed by atoms with E-state index in [2.05, 4.69) is 0 Å². The second-order valence-corrected chi connectivity index (χ2v) is 3.21. The van der Waals surface area contributed by atoms with Gasteiger partial charge in [-0.3, -0.25) is 4.79 Å². The average Bonchev–Trinajstić information content (AvgIpc) is 2.48. The summed E-state index contributed by atoms with van der Waals surface area (Å²) in [7, 11) is 1.93. The smallest absolute Gasteiger partial charge is 0.308 e. The van der Waals surface area contributed by atoms with Crippen molar-refractivity contribution < 1.29 is 9.53 Å². The van der Waals surface area contributed by atoms with Crippen LogP contribution in [0.15, 0.2) is 30.5 Å². The molecule has 1 aromatic heterocycles. The highest BCUT2D eigenvalue weighted by atomic mass is 16.5. The summed E-state index contributed by atoms with van der Waals surface area (Å²) < 4.78 is 7.04. The molecule has 0 saturated carbocycles. The van der Waals surface area contributed by atoms with Crippen molar-refractivity contribution in [3.05, 3.63) is 30.5 Å². The molecule has 1 heterocycles. The highest BCUT2D eigenvalue weighted by Gasteiger charge is 2.06. The Hall–Kier alpha value is -1.77. The first-order valence-electron chi connectivity index (χ1n) is 4.41. The van der Waals surface area contributed by atoms with Gasteiger partial charge < -0.3 is 9.30 Å². The molecule has 2 aromatic rings. The molecule has 3 heteroatoms. The third kappa shape index (κ3) is 1.37. The summed E-state index contributed by atoms with van der Waals surface area (Å²) in [6, 6.07) is 7.65. The van der Waals surface area contributed by atoms with Crippen molar-refractivity contribution in [3.63, 3.8) is 0 Å². The fourth-order valence-corrected chi connectivity index (χ4v) is 1.56. The van der Waals surface area contributed by atoms with Crippen LogP contribution < -0.4 is 4.74 Å². The lowest BCUT2D eigenvalue weighted by molar-refractivity contribution is -0.131. The number of aromatic nitrogens is 1. The predicted octanol–water partition coefficient (Wildman–Crippen LogP) is 2.10. The van der Waals surface area contributed by atoms with E-state index in [0.717, 1.165) is 10.9 Å². The highest BCUT2D eigenvalue weighted by Crippen LogP contribution is 2.25. The minimum Gasteiger partial charge on any atom is -0.424 e. The minimum absolute atomic E-state index is 0.293. The third-order valence-corrected chi connectivity index (χ3v) is 2.11. The Labute approximate surface area is 81.9 Å². The molecule has 0 fully saturated rings. The average molecular weight is 189 g/mol. The van der Waals surface area contributed by atoms with Crippen LogP contribution in [0.1, 0.15) is 6.92 Å². The number of esters is 1. The molecular weight excluding hydrogens is 178 g/mol. The molecule has 2 rings (SSSR count). The van der Waals surface area contributed by atoms with Crippen molar-refractivity contribution in [1.82, 2.24) is 4.57 Å². The second-order valence-electron chi connectivity index (χ2n) is 3.21. The molecule has 0 aliphatic carbocycles. The topological polar surface area (TPSA) is 31.2 Å². The van der Waals surface area contributed by atoms with Crippen molar-refractivity contribution >= 4 is 16.9 Å². The molecule has 3 nitrogen and oxygen atoms in total. The standard InChI is InChI=1S/C11H11NO2/c1-8(13)14-10-5-3-4-9-6-7-12(2)11(9)10/h3-7H,1-2H3. The van der Waals surface area contributed by atoms with Gasteiger partial charge in [0.1, 0.15) is 0 Å². The summed E-state index contributed by atoms with van der Waals surface area (Å²) in [6.45, 7) is 1.40. The van der Waals surface area contributed by atoms with Gasteiger partial charge in [0.2, 0.25) is 0 Å². The first-order chi connectivity index (χ1) is 6.68. The highest BCUT2D eigenvalue weighted by molar-refractivity contribution is 5.88. The van der Waals surface area contributed by atoms with E-state index in [-0.39, 0.29) is 5.97 Å². The van der Waals surface area contributed by atoms with Crippen LogP contribution in [0, 0.1) is 0 Å². The van der Waals surface area contributed by atoms with E-state index in [4.69, 9.17) is 4.74 Å². The summed E-state index contributed by atoms with van der Waals surface area (Å²) in [5, 5.41) is 1.08. The van der Waals surface area contributed by atoms with Crippen molar-refractivity contribution in [3.8, 4) is 5.75 Å². The molecular formula is C11H11NO2. The summed E-state index contributed by atoms with van der Waals surface area (Å²) in [6.07, 6.45) is 1.94. The minimum atomic E-state index is -0.293. The maximum Gasteiger partial charge on any atom is 0.308 e. The molecule has 0 aliphatic rings. The number of carbonyl (C=O) groups is 1. The number of hydrogen-bond acceptors (Lipinski definition) is 2. The normalized spacial score (nSPS) is 10.4. The summed E-state index contributed by atoms with van der Waals surface area (Å²) in [5.74, 6) is 0.321. The molecule has 0 aliphatic heterocycles. The van der Waals surface area contributed by atoms with Gasteiger partial charge in [-0.05, 0) is 12.1 Å². The van der Waals surface area contributed by atoms with Gasteiger partial charge in [0.15, 0.2) is 5.75 Å². The van der Waals surface area contributed by atoms with Gasteiger partial charge in [0.25, 0.3) is 0 Å². The quantitative estimate of drug-likeness (QED) is 0.508. The fraction of sp³-hybridized carbons (Fsp3) is 0.182. The van der Waals surface area contributed by atoms with E-state index >= 15 is 0 Å². The first-order valence-corrected chi connectivity index (χ1v) is 4.41. The number of benzene rings is 1. The first kappa shape index (κ1) is 8.81. The molecule has 14 heavy (non-hydrogen) atoms. The monoisotopic (exact) mass is 189 g/mol. The molecule has 0 N–H and O–H groups in total. The number of aryl methyl sites for hydroxylation is 1. The summed E-state index contributed by atoms with van der Waals surface area (Å²) >= 11 is 0. The van der Waals surface area contributed by atoms with Gasteiger partial charge in [-0.15, -0.1) is 0 Å². The van der Waals surface area contributed by atoms with Gasteiger partial charge in [-0.25, -0.2) is 0 Å². The van der Waals surface area contributed by atoms with Gasteiger partial charge in [0.05, 0.1) is 5.52 Å². The van der Waals surface area contributed by atoms with Crippen LogP contribution in [0.4, 0.5) is 0 Å². The molecule has 0 radical (unpaired) electrons. The molecule has 0 atom stereocenters. The van der Waals surface area contributed by atoms with Crippen LogP contribution in [0.3, 0.4) is 0 Å². The van der Waals surface area contributed by atoms with Crippen LogP contribution in [0.5, 0.6) is 5.75 Å². The number of hydrogen-bond donors (Lipinski definition) is 0. The van der Waals surface area contributed by atoms with Crippen molar-refractivity contribution in [2.75, 3.05) is 0 Å². The Balaban J connectivity index is 2.63. The maximum absolute atomic E-state index is 10.9. The van der Waals surface area contributed by atoms with E-state index in [1.54, 1.807) is 6.07 Å². The van der Waals surface area contributed by atoms with Gasteiger partial charge >= 0.3 is 5.97 Å². The number of ether oxygens (including phenoxy) is 1. The molecule has 0 saturated heterocycles. The number of carbonyl (C=O) groups excluding carboxylic acids is 1. The van der Waals surface area contributed by atoms with Crippen molar-refractivity contribution in [1.29, 1.82) is 0 Å². The zero-order valence-electron chi connectivity index (χ0n) is 8.15. The Morgan fingerprint density at radius 3 is 2.86 bits per heavy atom. The summed E-state index contributed by atoms with van der Waals surface area (Å²) in [5.41, 5.74) is 0.947. The van der Waals surface area contributed by atoms with Crippen molar-refractivity contribution in [2.24, 2.45) is 7.05 Å². The van der Waals surface area contributed by atoms with E-state index in [0.29, 0.717) is 5.75 Å². The van der Waals surface area contributed by atoms with E-state index < -0.39 is 0 Å². The van der Waals surface area contributed by atoms with Gasteiger partial charge in [0, 0.05) is 25.6 Å². The Bertz CT molecular complexity index is 485. The summed E-state index contributed by atoms with van der Waals surface area (Å²) in [4.78, 5) is 10.9. The molecule has 1 aromatic carbocycles. The SMILES string of the molecule is CC(=O)Oc1cccc2ccn(C)c12. The number of fused-ring (bicyclic) bond motifs is 1. The van der Waals surface area contributed by atoms with Crippen LogP contribution >= 0.6 is 0 Å². The molecule has 0 spiro atoms. The Morgan fingerprint density at radius 1 is 1.36 bits per heavy atom. The predicted molar refractivity (Wildman–Crippen MR) is 54.2 cm³/mol. The number of nitrogens with zero attached hydrogens (tertiary/aromatic N) is 1. The zero-order chi connectivity index (χ0) is 10.1. The molecule has 0 bridgehead atoms. The lowest BCUT2D eigenvalue weighted by Gasteiger charge is -2.04. The Morgan fingerprint density at radius 2 is 2.14 bits per heavy atom. The van der Waals surface area contributed by atoms with Crippen LogP contribution in [0.25, 0.3) is 10.9 Å². The maximum atomic E-state index is 10.9. The van der Waals surface area contributed by atoms with Crippen LogP contribution in [0.2, 0.25) is 0 Å². The lowest BCUT2D eigenvalue weighted by Crippen LogP contribution is -2.02. The molecule has 72 valence electrons. The zero-order valence-corrected chi connectivity index (χ0v) is 8.15. The van der Waals surface area contributed by atoms with E-state index in [1.165, 1.54) is 6.92 Å². The van der Waals surface area contributed by atoms with Crippen LogP contribution in [-0.4, -0.2) is 10.5 Å². The van der Waals surface area contributed by atoms with Crippen molar-refractivity contribution in [2.45, 2.75) is 6.92 Å². The van der Waals surface area contributed by atoms with Gasteiger partial charge in [-0.2, -0.15) is 0 Å². The van der Waals surface area contributed by atoms with Crippen LogP contribution in [-0.2, 0) is 11.8 Å². The van der Waals surface area contributed by atoms with E-state index in [1.807, 2.05) is 36.0 Å². The Kier molecular flexibility index (Phi) is 2.00. The number of para-hydroxylation sites is 1. The fourth-order valence-electron chi connectivity index (χ4n) is 1.56. The number of rotatable bonds is 1.